The summed E-state index contributed by atoms with van der Waals surface area (Å²) in [4.78, 5) is 8.62. The second-order valence-electron chi connectivity index (χ2n) is 10.0. The molecule has 0 radical (unpaired) electrons. The van der Waals surface area contributed by atoms with Crippen molar-refractivity contribution < 1.29 is 8.78 Å². The molecule has 1 aliphatic heterocycles. The van der Waals surface area contributed by atoms with E-state index >= 15 is 0 Å². The highest BCUT2D eigenvalue weighted by molar-refractivity contribution is 6.09. The van der Waals surface area contributed by atoms with Crippen LogP contribution in [0.4, 0.5) is 8.78 Å². The molecule has 7 heteroatoms. The number of nitrogens with one attached hydrogen (secondary N) is 1. The Kier molecular flexibility index (Phi) is 11.7. The molecule has 0 amide bonds. The average Bonchev–Trinajstić information content (AvgIpc) is 3.41. The van der Waals surface area contributed by atoms with E-state index in [9.17, 15) is 8.78 Å². The summed E-state index contributed by atoms with van der Waals surface area (Å²) in [7, 11) is 1.92. The van der Waals surface area contributed by atoms with Crippen molar-refractivity contribution in [1.82, 2.24) is 10.3 Å². The maximum absolute atomic E-state index is 14.9. The lowest BCUT2D eigenvalue weighted by Gasteiger charge is -2.31. The van der Waals surface area contributed by atoms with Crippen LogP contribution in [0, 0.1) is 24.5 Å². The maximum atomic E-state index is 14.9. The first-order chi connectivity index (χ1) is 18.9. The molecule has 39 heavy (non-hydrogen) atoms. The smallest absolute Gasteiger partial charge is 0.132 e. The number of hydrazone groups is 1. The molecule has 0 fully saturated rings. The minimum atomic E-state index is -0.307. The summed E-state index contributed by atoms with van der Waals surface area (Å²) in [5.41, 5.74) is 4.75. The Bertz CT molecular complexity index is 1200. The Morgan fingerprint density at radius 3 is 2.77 bits per heavy atom. The predicted octanol–water partition coefficient (Wildman–Crippen LogP) is 7.18. The van der Waals surface area contributed by atoms with Gasteiger partial charge in [-0.25, -0.2) is 8.78 Å². The highest BCUT2D eigenvalue weighted by Crippen LogP contribution is 2.36. The molecule has 208 valence electrons. The van der Waals surface area contributed by atoms with Gasteiger partial charge in [-0.15, -0.1) is 0 Å². The molecule has 2 unspecified atom stereocenters. The second kappa shape index (κ2) is 15.2. The van der Waals surface area contributed by atoms with Crippen molar-refractivity contribution >= 4 is 18.6 Å². The number of aryl methyl sites for hydroxylation is 2. The first kappa shape index (κ1) is 30.1. The fraction of sp³-hybridized carbons (Fsp3) is 0.406. The SMILES string of the molecule is C=N/C=C\C(=NCCC(CCNC)C(=C)N1N=CCC1c1cc(C)cc(F)c1)c1cc(CCCC)ccc1F. The number of aliphatic imine (C=N–C) groups is 2. The third-order valence-corrected chi connectivity index (χ3v) is 7.01. The summed E-state index contributed by atoms with van der Waals surface area (Å²) in [6.07, 6.45) is 10.4. The normalized spacial score (nSPS) is 16.3. The number of rotatable bonds is 15. The predicted molar refractivity (Wildman–Crippen MR) is 160 cm³/mol. The molecular weight excluding hydrogens is 492 g/mol. The minimum absolute atomic E-state index is 0.0806. The Labute approximate surface area is 232 Å². The molecule has 2 aromatic carbocycles. The van der Waals surface area contributed by atoms with E-state index in [2.05, 4.69) is 35.6 Å². The van der Waals surface area contributed by atoms with Crippen LogP contribution in [-0.4, -0.2) is 43.8 Å². The molecule has 1 aliphatic rings. The number of halogens is 2. The third-order valence-electron chi connectivity index (χ3n) is 7.01. The molecule has 0 bridgehead atoms. The van der Waals surface area contributed by atoms with Gasteiger partial charge in [-0.1, -0.05) is 32.1 Å². The molecule has 0 aliphatic carbocycles. The number of hydrogen-bond acceptors (Lipinski definition) is 5. The van der Waals surface area contributed by atoms with Crippen molar-refractivity contribution in [3.8, 4) is 0 Å². The molecule has 3 rings (SSSR count). The van der Waals surface area contributed by atoms with E-state index in [-0.39, 0.29) is 23.6 Å². The van der Waals surface area contributed by atoms with E-state index in [1.807, 2.05) is 43.4 Å². The van der Waals surface area contributed by atoms with Crippen LogP contribution in [-0.2, 0) is 6.42 Å². The minimum Gasteiger partial charge on any atom is -0.320 e. The van der Waals surface area contributed by atoms with Gasteiger partial charge in [0.05, 0.1) is 11.8 Å². The molecule has 2 aromatic rings. The Morgan fingerprint density at radius 2 is 2.05 bits per heavy atom. The van der Waals surface area contributed by atoms with Crippen molar-refractivity contribution in [2.75, 3.05) is 20.1 Å². The van der Waals surface area contributed by atoms with Gasteiger partial charge in [0.15, 0.2) is 0 Å². The van der Waals surface area contributed by atoms with Crippen LogP contribution < -0.4 is 5.32 Å². The maximum Gasteiger partial charge on any atom is 0.132 e. The topological polar surface area (TPSA) is 52.4 Å². The first-order valence-electron chi connectivity index (χ1n) is 13.8. The van der Waals surface area contributed by atoms with Gasteiger partial charge in [0.25, 0.3) is 0 Å². The Morgan fingerprint density at radius 1 is 1.23 bits per heavy atom. The van der Waals surface area contributed by atoms with Crippen LogP contribution in [0.3, 0.4) is 0 Å². The van der Waals surface area contributed by atoms with Gasteiger partial charge in [-0.3, -0.25) is 15.0 Å². The van der Waals surface area contributed by atoms with E-state index in [4.69, 9.17) is 4.99 Å². The summed E-state index contributed by atoms with van der Waals surface area (Å²) in [6, 6.07) is 10.3. The van der Waals surface area contributed by atoms with E-state index in [0.29, 0.717) is 30.7 Å². The largest absolute Gasteiger partial charge is 0.320 e. The lowest BCUT2D eigenvalue weighted by atomic mass is 9.95. The van der Waals surface area contributed by atoms with Crippen molar-refractivity contribution in [2.24, 2.45) is 21.0 Å². The molecule has 0 aromatic heterocycles. The zero-order valence-corrected chi connectivity index (χ0v) is 23.5. The monoisotopic (exact) mass is 533 g/mol. The molecular formula is C32H41F2N5. The van der Waals surface area contributed by atoms with Gasteiger partial charge in [-0.2, -0.15) is 5.10 Å². The van der Waals surface area contributed by atoms with Gasteiger partial charge in [0.1, 0.15) is 11.6 Å². The van der Waals surface area contributed by atoms with Gasteiger partial charge in [0.2, 0.25) is 0 Å². The summed E-state index contributed by atoms with van der Waals surface area (Å²) >= 11 is 0. The first-order valence-corrected chi connectivity index (χ1v) is 13.8. The van der Waals surface area contributed by atoms with E-state index in [1.165, 1.54) is 12.1 Å². The summed E-state index contributed by atoms with van der Waals surface area (Å²) in [5.74, 6) is -0.472. The van der Waals surface area contributed by atoms with Gasteiger partial charge in [0, 0.05) is 42.6 Å². The Balaban J connectivity index is 1.81. The molecule has 1 heterocycles. The summed E-state index contributed by atoms with van der Waals surface area (Å²) in [5, 5.41) is 9.76. The lowest BCUT2D eigenvalue weighted by Crippen LogP contribution is -2.26. The number of nitrogens with zero attached hydrogens (tertiary/aromatic N) is 4. The van der Waals surface area contributed by atoms with E-state index in [0.717, 1.165) is 54.6 Å². The molecule has 0 saturated carbocycles. The number of hydrogen-bond donors (Lipinski definition) is 1. The van der Waals surface area contributed by atoms with E-state index in [1.54, 1.807) is 18.3 Å². The lowest BCUT2D eigenvalue weighted by molar-refractivity contribution is 0.254. The van der Waals surface area contributed by atoms with E-state index < -0.39 is 0 Å². The van der Waals surface area contributed by atoms with Crippen LogP contribution in [0.1, 0.15) is 67.3 Å². The quantitative estimate of drug-likeness (QED) is 0.247. The van der Waals surface area contributed by atoms with Crippen LogP contribution in [0.25, 0.3) is 0 Å². The van der Waals surface area contributed by atoms with Crippen LogP contribution in [0.2, 0.25) is 0 Å². The number of benzene rings is 2. The second-order valence-corrected chi connectivity index (χ2v) is 10.0. The molecule has 0 spiro atoms. The highest BCUT2D eigenvalue weighted by Gasteiger charge is 2.29. The van der Waals surface area contributed by atoms with Gasteiger partial charge in [-0.05, 0) is 99.9 Å². The van der Waals surface area contributed by atoms with Crippen LogP contribution in [0.15, 0.2) is 76.0 Å². The number of allylic oxidation sites excluding steroid dienone is 2. The molecule has 1 N–H and O–H groups in total. The molecule has 2 atom stereocenters. The van der Waals surface area contributed by atoms with Crippen molar-refractivity contribution in [2.45, 2.75) is 58.4 Å². The van der Waals surface area contributed by atoms with Gasteiger partial charge < -0.3 is 5.32 Å². The summed E-state index contributed by atoms with van der Waals surface area (Å²) < 4.78 is 29.1. The van der Waals surface area contributed by atoms with Crippen molar-refractivity contribution in [3.63, 3.8) is 0 Å². The fourth-order valence-corrected chi connectivity index (χ4v) is 4.90. The third kappa shape index (κ3) is 8.52. The fourth-order valence-electron chi connectivity index (χ4n) is 4.90. The van der Waals surface area contributed by atoms with Crippen LogP contribution in [0.5, 0.6) is 0 Å². The highest BCUT2D eigenvalue weighted by atomic mass is 19.1. The molecule has 5 nitrogen and oxygen atoms in total. The molecule has 0 saturated heterocycles. The average molecular weight is 534 g/mol. The Hall–Kier alpha value is -3.45. The van der Waals surface area contributed by atoms with Crippen molar-refractivity contribution in [3.05, 3.63) is 94.8 Å². The summed E-state index contributed by atoms with van der Waals surface area (Å²) in [6.45, 7) is 13.2. The number of unbranched alkanes of at least 4 members (excludes halogenated alkanes) is 1. The zero-order chi connectivity index (χ0) is 28.2. The standard InChI is InChI=1S/C32H41F2N5/c1-6-7-8-25-9-10-30(34)29(21-25)31(13-16-36-5)37-17-12-26(11-15-35-4)24(3)39-32(14-18-38-39)27-19-23(2)20-28(33)22-27/h9-10,13,16,18-22,26,32,35H,3,5-8,11-12,14-15,17H2,1-2,4H3/b16-13-,37-31?. The van der Waals surface area contributed by atoms with Crippen LogP contribution >= 0.6 is 0 Å². The zero-order valence-electron chi connectivity index (χ0n) is 23.5. The van der Waals surface area contributed by atoms with Gasteiger partial charge >= 0.3 is 0 Å². The van der Waals surface area contributed by atoms with Crippen molar-refractivity contribution in [1.29, 1.82) is 0 Å².